The summed E-state index contributed by atoms with van der Waals surface area (Å²) in [6.07, 6.45) is -3.36. The van der Waals surface area contributed by atoms with E-state index in [4.69, 9.17) is 21.1 Å². The highest BCUT2D eigenvalue weighted by atomic mass is 35.5. The Hall–Kier alpha value is -1.67. The van der Waals surface area contributed by atoms with Crippen LogP contribution in [0.25, 0.3) is 0 Å². The molecule has 0 bridgehead atoms. The lowest BCUT2D eigenvalue weighted by atomic mass is 10.0. The Morgan fingerprint density at radius 1 is 1.52 bits per heavy atom. The summed E-state index contributed by atoms with van der Waals surface area (Å²) in [5.41, 5.74) is 0.00788. The largest absolute Gasteiger partial charge is 0.467 e. The number of hydrogen-bond donors (Lipinski definition) is 2. The molecule has 0 saturated carbocycles. The van der Waals surface area contributed by atoms with Crippen LogP contribution in [0.5, 0.6) is 0 Å². The van der Waals surface area contributed by atoms with E-state index in [9.17, 15) is 13.2 Å². The number of alkyl halides is 3. The normalized spacial score (nSPS) is 22.0. The van der Waals surface area contributed by atoms with Crippen LogP contribution >= 0.6 is 11.6 Å². The van der Waals surface area contributed by atoms with E-state index in [1.54, 1.807) is 12.1 Å². The number of anilines is 1. The van der Waals surface area contributed by atoms with Crippen molar-refractivity contribution in [2.45, 2.75) is 31.3 Å². The van der Waals surface area contributed by atoms with Gasteiger partial charge in [-0.25, -0.2) is 4.68 Å². The van der Waals surface area contributed by atoms with Crippen LogP contribution in [0.2, 0.25) is 5.02 Å². The molecule has 2 aromatic heterocycles. The van der Waals surface area contributed by atoms with E-state index in [0.29, 0.717) is 5.76 Å². The van der Waals surface area contributed by atoms with Gasteiger partial charge in [0, 0.05) is 6.42 Å². The molecule has 3 rings (SSSR count). The van der Waals surface area contributed by atoms with Crippen LogP contribution in [0.1, 0.15) is 30.0 Å². The third-order valence-electron chi connectivity index (χ3n) is 3.40. The molecule has 2 atom stereocenters. The Morgan fingerprint density at radius 2 is 2.29 bits per heavy atom. The molecule has 5 nitrogen and oxygen atoms in total. The summed E-state index contributed by atoms with van der Waals surface area (Å²) < 4.78 is 45.7. The SMILES string of the molecule is OCc1nn2c(c1Cl)NC(c1ccco1)CC2C(F)(F)F. The van der Waals surface area contributed by atoms with Gasteiger partial charge in [0.1, 0.15) is 22.3 Å². The maximum absolute atomic E-state index is 13.3. The first kappa shape index (κ1) is 14.3. The van der Waals surface area contributed by atoms with Gasteiger partial charge in [0.05, 0.1) is 18.9 Å². The third-order valence-corrected chi connectivity index (χ3v) is 3.80. The molecule has 0 amide bonds. The van der Waals surface area contributed by atoms with Gasteiger partial charge in [-0.2, -0.15) is 18.3 Å². The lowest BCUT2D eigenvalue weighted by Crippen LogP contribution is -2.35. The fraction of sp³-hybridized carbons (Fsp3) is 0.417. The van der Waals surface area contributed by atoms with E-state index >= 15 is 0 Å². The van der Waals surface area contributed by atoms with Crippen molar-refractivity contribution < 1.29 is 22.7 Å². The number of halogens is 4. The number of aliphatic hydroxyl groups is 1. The molecule has 1 aliphatic heterocycles. The maximum Gasteiger partial charge on any atom is 0.410 e. The Labute approximate surface area is 122 Å². The predicted molar refractivity (Wildman–Crippen MR) is 67.9 cm³/mol. The summed E-state index contributed by atoms with van der Waals surface area (Å²) in [7, 11) is 0. The molecule has 2 N–H and O–H groups in total. The molecular formula is C12H11ClF3N3O2. The van der Waals surface area contributed by atoms with Crippen LogP contribution in [-0.4, -0.2) is 21.1 Å². The van der Waals surface area contributed by atoms with E-state index in [1.807, 2.05) is 0 Å². The van der Waals surface area contributed by atoms with Crippen molar-refractivity contribution in [1.82, 2.24) is 9.78 Å². The molecule has 2 unspecified atom stereocenters. The molecule has 21 heavy (non-hydrogen) atoms. The topological polar surface area (TPSA) is 63.2 Å². The van der Waals surface area contributed by atoms with Crippen molar-refractivity contribution in [3.63, 3.8) is 0 Å². The zero-order chi connectivity index (χ0) is 15.2. The minimum absolute atomic E-state index is 0.00788. The Kier molecular flexibility index (Phi) is 3.37. The molecule has 2 aromatic rings. The molecule has 9 heteroatoms. The van der Waals surface area contributed by atoms with Crippen molar-refractivity contribution in [2.75, 3.05) is 5.32 Å². The summed E-state index contributed by atoms with van der Waals surface area (Å²) in [6.45, 7) is -0.531. The predicted octanol–water partition coefficient (Wildman–Crippen LogP) is 3.28. The molecule has 0 aromatic carbocycles. The van der Waals surface area contributed by atoms with Crippen LogP contribution in [0.4, 0.5) is 19.0 Å². The number of furan rings is 1. The summed E-state index contributed by atoms with van der Waals surface area (Å²) in [5, 5.41) is 15.7. The first-order valence-corrected chi connectivity index (χ1v) is 6.54. The van der Waals surface area contributed by atoms with Crippen LogP contribution < -0.4 is 5.32 Å². The monoisotopic (exact) mass is 321 g/mol. The fourth-order valence-corrected chi connectivity index (χ4v) is 2.65. The van der Waals surface area contributed by atoms with Crippen molar-refractivity contribution in [2.24, 2.45) is 0 Å². The molecular weight excluding hydrogens is 311 g/mol. The maximum atomic E-state index is 13.3. The Morgan fingerprint density at radius 3 is 2.86 bits per heavy atom. The van der Waals surface area contributed by atoms with Gasteiger partial charge in [-0.3, -0.25) is 0 Å². The average molecular weight is 322 g/mol. The molecule has 0 spiro atoms. The minimum atomic E-state index is -4.48. The molecule has 0 fully saturated rings. The second-order valence-corrected chi connectivity index (χ2v) is 5.10. The van der Waals surface area contributed by atoms with E-state index in [1.165, 1.54) is 6.26 Å². The highest BCUT2D eigenvalue weighted by Gasteiger charge is 2.47. The van der Waals surface area contributed by atoms with Crippen LogP contribution in [0.15, 0.2) is 22.8 Å². The van der Waals surface area contributed by atoms with Gasteiger partial charge in [-0.1, -0.05) is 11.6 Å². The number of aromatic nitrogens is 2. The summed E-state index contributed by atoms with van der Waals surface area (Å²) in [6, 6.07) is 0.700. The van der Waals surface area contributed by atoms with Gasteiger partial charge in [0.25, 0.3) is 0 Å². The Balaban J connectivity index is 2.07. The highest BCUT2D eigenvalue weighted by molar-refractivity contribution is 6.33. The highest BCUT2D eigenvalue weighted by Crippen LogP contribution is 2.46. The van der Waals surface area contributed by atoms with Crippen LogP contribution in [0, 0.1) is 0 Å². The second kappa shape index (κ2) is 4.96. The molecule has 1 aliphatic rings. The zero-order valence-electron chi connectivity index (χ0n) is 10.6. The zero-order valence-corrected chi connectivity index (χ0v) is 11.3. The third kappa shape index (κ3) is 2.38. The van der Waals surface area contributed by atoms with Gasteiger partial charge < -0.3 is 14.8 Å². The number of fused-ring (bicyclic) bond motifs is 1. The molecule has 3 heterocycles. The first-order valence-electron chi connectivity index (χ1n) is 6.16. The standard InChI is InChI=1S/C12H11ClF3N3O2/c13-10-7(5-20)18-19-9(12(14,15)16)4-6(17-11(10)19)8-2-1-3-21-8/h1-3,6,9,17,20H,4-5H2. The quantitative estimate of drug-likeness (QED) is 0.891. The molecule has 0 aliphatic carbocycles. The molecule has 0 saturated heterocycles. The number of nitrogens with zero attached hydrogens (tertiary/aromatic N) is 2. The average Bonchev–Trinajstić information content (AvgIpc) is 3.05. The van der Waals surface area contributed by atoms with Crippen molar-refractivity contribution in [3.05, 3.63) is 34.9 Å². The van der Waals surface area contributed by atoms with Gasteiger partial charge in [-0.05, 0) is 12.1 Å². The van der Waals surface area contributed by atoms with Gasteiger partial charge in [-0.15, -0.1) is 0 Å². The summed E-state index contributed by atoms with van der Waals surface area (Å²) >= 11 is 5.98. The van der Waals surface area contributed by atoms with E-state index in [0.717, 1.165) is 4.68 Å². The lowest BCUT2D eigenvalue weighted by Gasteiger charge is -2.32. The smallest absolute Gasteiger partial charge is 0.410 e. The number of hydrogen-bond acceptors (Lipinski definition) is 4. The number of nitrogens with one attached hydrogen (secondary N) is 1. The number of aliphatic hydroxyl groups excluding tert-OH is 1. The summed E-state index contributed by atoms with van der Waals surface area (Å²) in [4.78, 5) is 0. The second-order valence-electron chi connectivity index (χ2n) is 4.72. The fourth-order valence-electron chi connectivity index (χ4n) is 2.41. The molecule has 114 valence electrons. The summed E-state index contributed by atoms with van der Waals surface area (Å²) in [5.74, 6) is 0.425. The minimum Gasteiger partial charge on any atom is -0.467 e. The number of rotatable bonds is 2. The van der Waals surface area contributed by atoms with E-state index in [-0.39, 0.29) is 23.0 Å². The van der Waals surface area contributed by atoms with Crippen molar-refractivity contribution in [1.29, 1.82) is 0 Å². The van der Waals surface area contributed by atoms with E-state index in [2.05, 4.69) is 10.4 Å². The van der Waals surface area contributed by atoms with Crippen LogP contribution in [0.3, 0.4) is 0 Å². The van der Waals surface area contributed by atoms with Crippen molar-refractivity contribution in [3.8, 4) is 0 Å². The van der Waals surface area contributed by atoms with Gasteiger partial charge in [0.2, 0.25) is 0 Å². The van der Waals surface area contributed by atoms with Gasteiger partial charge >= 0.3 is 6.18 Å². The van der Waals surface area contributed by atoms with Gasteiger partial charge in [0.15, 0.2) is 6.04 Å². The molecule has 0 radical (unpaired) electrons. The Bertz CT molecular complexity index is 639. The van der Waals surface area contributed by atoms with Crippen molar-refractivity contribution >= 4 is 17.4 Å². The van der Waals surface area contributed by atoms with Crippen LogP contribution in [-0.2, 0) is 6.61 Å². The first-order chi connectivity index (χ1) is 9.91. The van der Waals surface area contributed by atoms with E-state index < -0.39 is 24.9 Å². The lowest BCUT2D eigenvalue weighted by molar-refractivity contribution is -0.174.